The molecule has 18 heavy (non-hydrogen) atoms. The number of ether oxygens (including phenoxy) is 1. The maximum absolute atomic E-state index is 9.78. The monoisotopic (exact) mass is 268 g/mol. The Morgan fingerprint density at radius 3 is 2.94 bits per heavy atom. The number of hydrogen-bond donors (Lipinski definition) is 1. The highest BCUT2D eigenvalue weighted by Crippen LogP contribution is 2.24. The highest BCUT2D eigenvalue weighted by atomic mass is 35.5. The first-order chi connectivity index (χ1) is 8.63. The Balaban J connectivity index is 2.43. The van der Waals surface area contributed by atoms with E-state index < -0.39 is 6.10 Å². The van der Waals surface area contributed by atoms with Gasteiger partial charge in [0.05, 0.1) is 11.0 Å². The van der Waals surface area contributed by atoms with Gasteiger partial charge in [-0.25, -0.2) is 4.98 Å². The van der Waals surface area contributed by atoms with Crippen LogP contribution in [0.3, 0.4) is 0 Å². The summed E-state index contributed by atoms with van der Waals surface area (Å²) in [6.07, 6.45) is 0.271. The molecule has 0 radical (unpaired) electrons. The molecular weight excluding hydrogens is 252 g/mol. The van der Waals surface area contributed by atoms with E-state index in [2.05, 4.69) is 4.98 Å². The smallest absolute Gasteiger partial charge is 0.138 e. The second-order valence-corrected chi connectivity index (χ2v) is 4.71. The van der Waals surface area contributed by atoms with Crippen molar-refractivity contribution in [3.05, 3.63) is 29.0 Å². The molecule has 0 fully saturated rings. The zero-order chi connectivity index (χ0) is 13.1. The molecule has 0 saturated heterocycles. The maximum atomic E-state index is 9.78. The van der Waals surface area contributed by atoms with Gasteiger partial charge in [-0.15, -0.1) is 0 Å². The van der Waals surface area contributed by atoms with Gasteiger partial charge in [-0.05, 0) is 31.5 Å². The number of halogens is 1. The Hall–Kier alpha value is -1.10. The number of aromatic nitrogens is 2. The molecule has 1 atom stereocenters. The standard InChI is InChI=1S/C13H17ClN2O2/c1-9(17)13-15-11-5-4-10(14)8-12(11)16(13)6-3-7-18-2/h4-5,8-9,17H,3,6-7H2,1-2H3/t9-/m0/s1. The fourth-order valence-electron chi connectivity index (χ4n) is 2.04. The molecule has 0 unspecified atom stereocenters. The number of imidazole rings is 1. The lowest BCUT2D eigenvalue weighted by Gasteiger charge is -2.10. The molecular formula is C13H17ClN2O2. The summed E-state index contributed by atoms with van der Waals surface area (Å²) in [6.45, 7) is 3.15. The lowest BCUT2D eigenvalue weighted by atomic mass is 10.3. The van der Waals surface area contributed by atoms with Crippen LogP contribution in [0.2, 0.25) is 5.02 Å². The third-order valence-electron chi connectivity index (χ3n) is 2.84. The number of fused-ring (bicyclic) bond motifs is 1. The molecule has 0 saturated carbocycles. The van der Waals surface area contributed by atoms with E-state index in [1.54, 1.807) is 14.0 Å². The van der Waals surface area contributed by atoms with Crippen molar-refractivity contribution in [1.29, 1.82) is 0 Å². The molecule has 5 heteroatoms. The Kier molecular flexibility index (Phi) is 4.22. The van der Waals surface area contributed by atoms with E-state index in [1.165, 1.54) is 0 Å². The molecule has 1 aromatic carbocycles. The van der Waals surface area contributed by atoms with Crippen molar-refractivity contribution in [2.24, 2.45) is 0 Å². The molecule has 0 aliphatic carbocycles. The fourth-order valence-corrected chi connectivity index (χ4v) is 2.20. The van der Waals surface area contributed by atoms with Crippen LogP contribution in [0.4, 0.5) is 0 Å². The lowest BCUT2D eigenvalue weighted by Crippen LogP contribution is -2.08. The van der Waals surface area contributed by atoms with Crippen molar-refractivity contribution >= 4 is 22.6 Å². The second-order valence-electron chi connectivity index (χ2n) is 4.28. The predicted octanol–water partition coefficient (Wildman–Crippen LogP) is 2.78. The molecule has 0 amide bonds. The van der Waals surface area contributed by atoms with Gasteiger partial charge in [-0.2, -0.15) is 0 Å². The van der Waals surface area contributed by atoms with Gasteiger partial charge in [-0.3, -0.25) is 0 Å². The van der Waals surface area contributed by atoms with E-state index in [4.69, 9.17) is 16.3 Å². The molecule has 0 bridgehead atoms. The van der Waals surface area contributed by atoms with Crippen molar-refractivity contribution < 1.29 is 9.84 Å². The molecule has 2 aromatic rings. The van der Waals surface area contributed by atoms with Crippen LogP contribution in [-0.2, 0) is 11.3 Å². The first kappa shape index (κ1) is 13.3. The van der Waals surface area contributed by atoms with Crippen LogP contribution in [-0.4, -0.2) is 28.4 Å². The molecule has 0 aliphatic rings. The summed E-state index contributed by atoms with van der Waals surface area (Å²) < 4.78 is 7.06. The average Bonchev–Trinajstić information content (AvgIpc) is 2.68. The van der Waals surface area contributed by atoms with Gasteiger partial charge in [-0.1, -0.05) is 11.6 Å². The topological polar surface area (TPSA) is 47.3 Å². The van der Waals surface area contributed by atoms with Gasteiger partial charge >= 0.3 is 0 Å². The Morgan fingerprint density at radius 1 is 1.50 bits per heavy atom. The Bertz CT molecular complexity index is 537. The normalized spacial score (nSPS) is 13.1. The highest BCUT2D eigenvalue weighted by Gasteiger charge is 2.14. The van der Waals surface area contributed by atoms with E-state index in [1.807, 2.05) is 22.8 Å². The quantitative estimate of drug-likeness (QED) is 0.849. The number of rotatable bonds is 5. The van der Waals surface area contributed by atoms with Crippen molar-refractivity contribution in [3.63, 3.8) is 0 Å². The number of aliphatic hydroxyl groups excluding tert-OH is 1. The first-order valence-electron chi connectivity index (χ1n) is 5.96. The zero-order valence-corrected chi connectivity index (χ0v) is 11.3. The summed E-state index contributed by atoms with van der Waals surface area (Å²) >= 11 is 6.01. The summed E-state index contributed by atoms with van der Waals surface area (Å²) in [5.74, 6) is 0.670. The van der Waals surface area contributed by atoms with Gasteiger partial charge < -0.3 is 14.4 Å². The van der Waals surface area contributed by atoms with E-state index >= 15 is 0 Å². The van der Waals surface area contributed by atoms with Crippen LogP contribution in [0.1, 0.15) is 25.3 Å². The molecule has 98 valence electrons. The minimum Gasteiger partial charge on any atom is -0.385 e. The molecule has 0 spiro atoms. The number of nitrogens with zero attached hydrogens (tertiary/aromatic N) is 2. The summed E-state index contributed by atoms with van der Waals surface area (Å²) in [4.78, 5) is 4.45. The first-order valence-corrected chi connectivity index (χ1v) is 6.34. The predicted molar refractivity (Wildman–Crippen MR) is 71.9 cm³/mol. The van der Waals surface area contributed by atoms with Crippen molar-refractivity contribution in [1.82, 2.24) is 9.55 Å². The number of aryl methyl sites for hydroxylation is 1. The maximum Gasteiger partial charge on any atom is 0.138 e. The van der Waals surface area contributed by atoms with Crippen LogP contribution in [0.15, 0.2) is 18.2 Å². The second kappa shape index (κ2) is 5.69. The molecule has 2 rings (SSSR count). The number of benzene rings is 1. The third-order valence-corrected chi connectivity index (χ3v) is 3.08. The highest BCUT2D eigenvalue weighted by molar-refractivity contribution is 6.31. The van der Waals surface area contributed by atoms with Crippen LogP contribution in [0.5, 0.6) is 0 Å². The van der Waals surface area contributed by atoms with Crippen molar-refractivity contribution in [3.8, 4) is 0 Å². The Labute approximate surface area is 111 Å². The van der Waals surface area contributed by atoms with E-state index in [0.29, 0.717) is 17.5 Å². The molecule has 4 nitrogen and oxygen atoms in total. The summed E-state index contributed by atoms with van der Waals surface area (Å²) in [5, 5.41) is 10.5. The van der Waals surface area contributed by atoms with Gasteiger partial charge in [0.15, 0.2) is 0 Å². The average molecular weight is 269 g/mol. The van der Waals surface area contributed by atoms with E-state index in [0.717, 1.165) is 24.0 Å². The number of hydrogen-bond acceptors (Lipinski definition) is 3. The molecule has 1 heterocycles. The number of aliphatic hydroxyl groups is 1. The van der Waals surface area contributed by atoms with E-state index in [9.17, 15) is 5.11 Å². The Morgan fingerprint density at radius 2 is 2.28 bits per heavy atom. The molecule has 1 aromatic heterocycles. The molecule has 0 aliphatic heterocycles. The number of methoxy groups -OCH3 is 1. The summed E-state index contributed by atoms with van der Waals surface area (Å²) in [6, 6.07) is 5.56. The summed E-state index contributed by atoms with van der Waals surface area (Å²) in [5.41, 5.74) is 1.81. The largest absolute Gasteiger partial charge is 0.385 e. The minimum absolute atomic E-state index is 0.598. The van der Waals surface area contributed by atoms with Crippen LogP contribution < -0.4 is 0 Å². The molecule has 1 N–H and O–H groups in total. The van der Waals surface area contributed by atoms with Crippen LogP contribution in [0.25, 0.3) is 11.0 Å². The SMILES string of the molecule is COCCCn1c([C@H](C)O)nc2ccc(Cl)cc21. The van der Waals surface area contributed by atoms with Crippen LogP contribution >= 0.6 is 11.6 Å². The fraction of sp³-hybridized carbons (Fsp3) is 0.462. The third kappa shape index (κ3) is 2.66. The minimum atomic E-state index is -0.598. The van der Waals surface area contributed by atoms with Crippen LogP contribution in [0, 0.1) is 0 Å². The lowest BCUT2D eigenvalue weighted by molar-refractivity contribution is 0.175. The van der Waals surface area contributed by atoms with Crippen molar-refractivity contribution in [2.75, 3.05) is 13.7 Å². The van der Waals surface area contributed by atoms with Gasteiger partial charge in [0, 0.05) is 25.3 Å². The van der Waals surface area contributed by atoms with E-state index in [-0.39, 0.29) is 0 Å². The van der Waals surface area contributed by atoms with Gasteiger partial charge in [0.2, 0.25) is 0 Å². The summed E-state index contributed by atoms with van der Waals surface area (Å²) in [7, 11) is 1.68. The van der Waals surface area contributed by atoms with Gasteiger partial charge in [0.25, 0.3) is 0 Å². The zero-order valence-electron chi connectivity index (χ0n) is 10.6. The van der Waals surface area contributed by atoms with Crippen molar-refractivity contribution in [2.45, 2.75) is 26.0 Å². The van der Waals surface area contributed by atoms with Gasteiger partial charge in [0.1, 0.15) is 11.9 Å².